The third kappa shape index (κ3) is 4.62. The molecule has 2 heterocycles. The van der Waals surface area contributed by atoms with Crippen LogP contribution in [-0.2, 0) is 16.2 Å². The van der Waals surface area contributed by atoms with Crippen LogP contribution in [0, 0.1) is 0 Å². The zero-order chi connectivity index (χ0) is 24.6. The molecule has 10 heteroatoms. The molecule has 1 aromatic heterocycles. The number of benzene rings is 3. The van der Waals surface area contributed by atoms with Gasteiger partial charge in [-0.2, -0.15) is 13.2 Å². The number of rotatable bonds is 5. The molecular weight excluding hydrogens is 477 g/mol. The molecule has 0 spiro atoms. The second-order valence-electron chi connectivity index (χ2n) is 8.01. The number of hydrogen-bond donors (Lipinski definition) is 2. The number of halogens is 3. The Morgan fingerprint density at radius 2 is 1.80 bits per heavy atom. The van der Waals surface area contributed by atoms with Crippen molar-refractivity contribution in [1.29, 1.82) is 0 Å². The third-order valence-corrected chi connectivity index (χ3v) is 7.13. The smallest absolute Gasteiger partial charge is 0.309 e. The Morgan fingerprint density at radius 1 is 0.943 bits per heavy atom. The van der Waals surface area contributed by atoms with Gasteiger partial charge in [0.1, 0.15) is 12.1 Å². The van der Waals surface area contributed by atoms with Crippen LogP contribution >= 0.6 is 0 Å². The van der Waals surface area contributed by atoms with Gasteiger partial charge in [-0.25, -0.2) is 18.4 Å². The fraction of sp³-hybridized carbons (Fsp3) is 0.120. The van der Waals surface area contributed by atoms with Gasteiger partial charge in [0.05, 0.1) is 10.5 Å². The summed E-state index contributed by atoms with van der Waals surface area (Å²) in [4.78, 5) is 7.69. The average Bonchev–Trinajstić information content (AvgIpc) is 3.38. The highest BCUT2D eigenvalue weighted by Gasteiger charge is 2.31. The molecule has 2 N–H and O–H groups in total. The predicted octanol–water partition coefficient (Wildman–Crippen LogP) is 5.10. The summed E-state index contributed by atoms with van der Waals surface area (Å²) in [6.07, 6.45) is 0.0854. The summed E-state index contributed by atoms with van der Waals surface area (Å²) in [5.74, 6) is 0.140. The molecule has 5 rings (SSSR count). The number of nitrogens with zero attached hydrogens (tertiary/aromatic N) is 2. The van der Waals surface area contributed by atoms with Crippen molar-refractivity contribution in [3.8, 4) is 11.1 Å². The first-order valence-corrected chi connectivity index (χ1v) is 12.1. The van der Waals surface area contributed by atoms with Crippen LogP contribution in [0.25, 0.3) is 27.5 Å². The highest BCUT2D eigenvalue weighted by atomic mass is 32.2. The molecule has 0 atom stereocenters. The first-order valence-electron chi connectivity index (χ1n) is 10.7. The quantitative estimate of drug-likeness (QED) is 0.402. The molecule has 35 heavy (non-hydrogen) atoms. The molecule has 0 bridgehead atoms. The Hall–Kier alpha value is -3.76. The molecule has 1 aliphatic rings. The SMILES string of the molecule is O=S(=O)(Nc1ccncn1)c1ccc2c(-c3ccc(C(F)(F)F)cc3C3=CCNC3)cccc2c1. The van der Waals surface area contributed by atoms with Gasteiger partial charge in [-0.1, -0.05) is 36.4 Å². The fourth-order valence-electron chi connectivity index (χ4n) is 4.11. The lowest BCUT2D eigenvalue weighted by Crippen LogP contribution is -2.13. The van der Waals surface area contributed by atoms with Gasteiger partial charge in [-0.3, -0.25) is 4.72 Å². The van der Waals surface area contributed by atoms with Crippen LogP contribution in [0.5, 0.6) is 0 Å². The van der Waals surface area contributed by atoms with Gasteiger partial charge in [0, 0.05) is 19.3 Å². The van der Waals surface area contributed by atoms with Crippen LogP contribution in [0.4, 0.5) is 19.0 Å². The number of fused-ring (bicyclic) bond motifs is 1. The minimum atomic E-state index is -4.46. The topological polar surface area (TPSA) is 84.0 Å². The summed E-state index contributed by atoms with van der Waals surface area (Å²) >= 11 is 0. The van der Waals surface area contributed by atoms with Crippen molar-refractivity contribution < 1.29 is 21.6 Å². The average molecular weight is 497 g/mol. The van der Waals surface area contributed by atoms with Crippen molar-refractivity contribution in [1.82, 2.24) is 15.3 Å². The van der Waals surface area contributed by atoms with E-state index in [1.165, 1.54) is 42.9 Å². The molecule has 3 aromatic carbocycles. The van der Waals surface area contributed by atoms with Crippen LogP contribution in [0.3, 0.4) is 0 Å². The normalized spacial score (nSPS) is 14.2. The van der Waals surface area contributed by atoms with E-state index in [9.17, 15) is 21.6 Å². The van der Waals surface area contributed by atoms with Gasteiger partial charge < -0.3 is 5.32 Å². The maximum Gasteiger partial charge on any atom is 0.416 e. The van der Waals surface area contributed by atoms with Crippen molar-refractivity contribution >= 4 is 32.2 Å². The molecule has 0 unspecified atom stereocenters. The number of aromatic nitrogens is 2. The molecule has 0 fully saturated rings. The number of sulfonamides is 1. The standard InChI is InChI=1S/C25H19F3N4O2S/c26-25(27,28)18-4-6-22(23(13-18)17-8-10-29-14-17)21-3-1-2-16-12-19(5-7-20(16)21)35(33,34)32-24-9-11-30-15-31-24/h1-9,11-13,15,29H,10,14H2,(H,30,31,32). The fourth-order valence-corrected chi connectivity index (χ4v) is 5.16. The second kappa shape index (κ2) is 8.79. The number of hydrogen-bond acceptors (Lipinski definition) is 5. The van der Waals surface area contributed by atoms with Gasteiger partial charge >= 0.3 is 6.18 Å². The van der Waals surface area contributed by atoms with Gasteiger partial charge in [-0.15, -0.1) is 0 Å². The summed E-state index contributed by atoms with van der Waals surface area (Å²) in [6.45, 7) is 1.05. The molecule has 4 aromatic rings. The molecule has 0 amide bonds. The maximum atomic E-state index is 13.4. The van der Waals surface area contributed by atoms with Gasteiger partial charge in [0.2, 0.25) is 0 Å². The largest absolute Gasteiger partial charge is 0.416 e. The Bertz CT molecular complexity index is 1550. The van der Waals surface area contributed by atoms with Gasteiger partial charge in [0.25, 0.3) is 10.0 Å². The van der Waals surface area contributed by atoms with E-state index < -0.39 is 21.8 Å². The van der Waals surface area contributed by atoms with Gasteiger partial charge in [-0.05, 0) is 63.4 Å². The van der Waals surface area contributed by atoms with Crippen molar-refractivity contribution in [3.05, 3.63) is 90.4 Å². The number of alkyl halides is 3. The molecule has 0 aliphatic carbocycles. The van der Waals surface area contributed by atoms with Crippen LogP contribution < -0.4 is 10.0 Å². The lowest BCUT2D eigenvalue weighted by atomic mass is 9.90. The number of anilines is 1. The Balaban J connectivity index is 1.61. The van der Waals surface area contributed by atoms with Crippen molar-refractivity contribution in [3.63, 3.8) is 0 Å². The molecule has 0 saturated heterocycles. The van der Waals surface area contributed by atoms with E-state index in [-0.39, 0.29) is 10.7 Å². The lowest BCUT2D eigenvalue weighted by molar-refractivity contribution is -0.137. The first kappa shape index (κ1) is 23.0. The minimum absolute atomic E-state index is 0.0381. The van der Waals surface area contributed by atoms with Crippen LogP contribution in [-0.4, -0.2) is 31.5 Å². The summed E-state index contributed by atoms with van der Waals surface area (Å²) in [7, 11) is -3.91. The Morgan fingerprint density at radius 3 is 2.51 bits per heavy atom. The van der Waals surface area contributed by atoms with E-state index in [0.29, 0.717) is 35.2 Å². The lowest BCUT2D eigenvalue weighted by Gasteiger charge is -2.17. The molecule has 178 valence electrons. The highest BCUT2D eigenvalue weighted by Crippen LogP contribution is 2.39. The van der Waals surface area contributed by atoms with E-state index in [0.717, 1.165) is 17.0 Å². The van der Waals surface area contributed by atoms with Crippen LogP contribution in [0.2, 0.25) is 0 Å². The van der Waals surface area contributed by atoms with E-state index in [4.69, 9.17) is 0 Å². The Kier molecular flexibility index (Phi) is 5.78. The Labute approximate surface area is 199 Å². The third-order valence-electron chi connectivity index (χ3n) is 5.77. The van der Waals surface area contributed by atoms with E-state index in [1.54, 1.807) is 18.2 Å². The van der Waals surface area contributed by atoms with Gasteiger partial charge in [0.15, 0.2) is 0 Å². The second-order valence-corrected chi connectivity index (χ2v) is 9.69. The van der Waals surface area contributed by atoms with Crippen LogP contribution in [0.1, 0.15) is 11.1 Å². The minimum Gasteiger partial charge on any atom is -0.309 e. The zero-order valence-corrected chi connectivity index (χ0v) is 19.0. The molecule has 6 nitrogen and oxygen atoms in total. The predicted molar refractivity (Wildman–Crippen MR) is 128 cm³/mol. The van der Waals surface area contributed by atoms with E-state index >= 15 is 0 Å². The van der Waals surface area contributed by atoms with E-state index in [2.05, 4.69) is 20.0 Å². The zero-order valence-electron chi connectivity index (χ0n) is 18.2. The van der Waals surface area contributed by atoms with Crippen molar-refractivity contribution in [2.45, 2.75) is 11.1 Å². The summed E-state index contributed by atoms with van der Waals surface area (Å²) in [6, 6.07) is 15.2. The number of nitrogens with one attached hydrogen (secondary N) is 2. The summed E-state index contributed by atoms with van der Waals surface area (Å²) in [5, 5.41) is 4.49. The molecule has 0 saturated carbocycles. The van der Waals surface area contributed by atoms with E-state index in [1.807, 2.05) is 12.1 Å². The first-order chi connectivity index (χ1) is 16.7. The highest BCUT2D eigenvalue weighted by molar-refractivity contribution is 7.92. The van der Waals surface area contributed by atoms with Crippen LogP contribution in [0.15, 0.2) is 84.2 Å². The monoisotopic (exact) mass is 496 g/mol. The summed E-state index contributed by atoms with van der Waals surface area (Å²) < 4.78 is 68.5. The molecular formula is C25H19F3N4O2S. The molecule has 0 radical (unpaired) electrons. The van der Waals surface area contributed by atoms with Crippen molar-refractivity contribution in [2.75, 3.05) is 17.8 Å². The molecule has 1 aliphatic heterocycles. The summed E-state index contributed by atoms with van der Waals surface area (Å²) in [5.41, 5.74) is 1.93. The maximum absolute atomic E-state index is 13.4. The van der Waals surface area contributed by atoms with Crippen molar-refractivity contribution in [2.24, 2.45) is 0 Å².